The van der Waals surface area contributed by atoms with E-state index in [1.54, 1.807) is 0 Å². The van der Waals surface area contributed by atoms with Gasteiger partial charge in [0, 0.05) is 10.0 Å². The van der Waals surface area contributed by atoms with Crippen molar-refractivity contribution in [3.63, 3.8) is 0 Å². The van der Waals surface area contributed by atoms with Crippen LogP contribution in [0.15, 0.2) is 33.7 Å². The van der Waals surface area contributed by atoms with Gasteiger partial charge in [-0.1, -0.05) is 15.9 Å². The van der Waals surface area contributed by atoms with E-state index in [1.165, 1.54) is 0 Å². The first-order chi connectivity index (χ1) is 6.25. The van der Waals surface area contributed by atoms with Crippen molar-refractivity contribution in [2.24, 2.45) is 4.99 Å². The monoisotopic (exact) mass is 241 g/mol. The number of ether oxygens (including phenoxy) is 1. The molecular weight excluding hydrogens is 234 g/mol. The van der Waals surface area contributed by atoms with Gasteiger partial charge < -0.3 is 9.84 Å². The summed E-state index contributed by atoms with van der Waals surface area (Å²) in [6.07, 6.45) is -0.710. The molecule has 68 valence electrons. The lowest BCUT2D eigenvalue weighted by Gasteiger charge is -2.00. The number of nitrogens with zero attached hydrogens (tertiary/aromatic N) is 1. The number of hydrogen-bond donors (Lipinski definition) is 1. The predicted octanol–water partition coefficient (Wildman–Crippen LogP) is 1.54. The molecule has 1 aliphatic heterocycles. The molecule has 1 N–H and O–H groups in total. The Balaban J connectivity index is 2.26. The van der Waals surface area contributed by atoms with Crippen LogP contribution < -0.4 is 0 Å². The second kappa shape index (κ2) is 3.47. The van der Waals surface area contributed by atoms with Gasteiger partial charge in [-0.3, -0.25) is 0 Å². The van der Waals surface area contributed by atoms with Gasteiger partial charge in [0.05, 0.1) is 0 Å². The molecule has 2 rings (SSSR count). The summed E-state index contributed by atoms with van der Waals surface area (Å²) in [6, 6.07) is 7.60. The Morgan fingerprint density at radius 2 is 2.08 bits per heavy atom. The Hall–Kier alpha value is -0.870. The first kappa shape index (κ1) is 8.72. The second-order valence-corrected chi connectivity index (χ2v) is 3.65. The van der Waals surface area contributed by atoms with Crippen molar-refractivity contribution in [3.8, 4) is 0 Å². The van der Waals surface area contributed by atoms with Gasteiger partial charge in [0.2, 0.25) is 5.90 Å². The average molecular weight is 242 g/mol. The lowest BCUT2D eigenvalue weighted by molar-refractivity contribution is 0.139. The zero-order valence-electron chi connectivity index (χ0n) is 6.77. The average Bonchev–Trinajstić information content (AvgIpc) is 2.53. The molecule has 0 aromatic heterocycles. The zero-order valence-corrected chi connectivity index (χ0v) is 8.36. The minimum atomic E-state index is -0.710. The largest absolute Gasteiger partial charge is 0.473 e. The normalized spacial score (nSPS) is 21.1. The molecule has 1 aromatic rings. The van der Waals surface area contributed by atoms with E-state index in [0.29, 0.717) is 5.90 Å². The van der Waals surface area contributed by atoms with E-state index in [4.69, 9.17) is 9.84 Å². The Kier molecular flexibility index (Phi) is 2.33. The van der Waals surface area contributed by atoms with Gasteiger partial charge in [0.15, 0.2) is 6.23 Å². The topological polar surface area (TPSA) is 41.8 Å². The van der Waals surface area contributed by atoms with Crippen LogP contribution in [0.3, 0.4) is 0 Å². The van der Waals surface area contributed by atoms with Crippen molar-refractivity contribution in [1.82, 2.24) is 0 Å². The fourth-order valence-electron chi connectivity index (χ4n) is 1.11. The Morgan fingerprint density at radius 1 is 1.38 bits per heavy atom. The number of halogens is 1. The molecule has 1 unspecified atom stereocenters. The number of aliphatic hydroxyl groups is 1. The van der Waals surface area contributed by atoms with Crippen molar-refractivity contribution in [2.75, 3.05) is 6.61 Å². The quantitative estimate of drug-likeness (QED) is 0.811. The van der Waals surface area contributed by atoms with Gasteiger partial charge in [0.25, 0.3) is 0 Å². The summed E-state index contributed by atoms with van der Waals surface area (Å²) in [5, 5.41) is 9.09. The van der Waals surface area contributed by atoms with E-state index in [-0.39, 0.29) is 6.61 Å². The van der Waals surface area contributed by atoms with Gasteiger partial charge in [0.1, 0.15) is 6.61 Å². The summed E-state index contributed by atoms with van der Waals surface area (Å²) in [5.41, 5.74) is 0.889. The number of hydrogen-bond acceptors (Lipinski definition) is 3. The molecular formula is C9H8BrNO2. The molecule has 13 heavy (non-hydrogen) atoms. The molecule has 1 atom stereocenters. The van der Waals surface area contributed by atoms with Crippen LogP contribution in [0.1, 0.15) is 5.56 Å². The first-order valence-electron chi connectivity index (χ1n) is 3.90. The van der Waals surface area contributed by atoms with E-state index < -0.39 is 6.23 Å². The molecule has 0 saturated carbocycles. The first-order valence-corrected chi connectivity index (χ1v) is 4.69. The van der Waals surface area contributed by atoms with Crippen molar-refractivity contribution >= 4 is 21.8 Å². The number of aliphatic imine (C=N–C) groups is 1. The smallest absolute Gasteiger partial charge is 0.218 e. The van der Waals surface area contributed by atoms with Gasteiger partial charge >= 0.3 is 0 Å². The molecule has 3 nitrogen and oxygen atoms in total. The third-order valence-corrected chi connectivity index (χ3v) is 2.26. The third-order valence-electron chi connectivity index (χ3n) is 1.73. The van der Waals surface area contributed by atoms with Crippen molar-refractivity contribution in [1.29, 1.82) is 0 Å². The highest BCUT2D eigenvalue weighted by Crippen LogP contribution is 2.14. The Bertz CT molecular complexity index is 334. The minimum absolute atomic E-state index is 0.255. The Labute approximate surface area is 84.2 Å². The summed E-state index contributed by atoms with van der Waals surface area (Å²) in [6.45, 7) is 0.255. The summed E-state index contributed by atoms with van der Waals surface area (Å²) in [7, 11) is 0. The van der Waals surface area contributed by atoms with E-state index in [9.17, 15) is 0 Å². The highest BCUT2D eigenvalue weighted by atomic mass is 79.9. The summed E-state index contributed by atoms with van der Waals surface area (Å²) < 4.78 is 6.19. The predicted molar refractivity (Wildman–Crippen MR) is 52.6 cm³/mol. The van der Waals surface area contributed by atoms with E-state index in [2.05, 4.69) is 20.9 Å². The number of benzene rings is 1. The molecule has 0 saturated heterocycles. The van der Waals surface area contributed by atoms with Gasteiger partial charge in [-0.25, -0.2) is 4.99 Å². The summed E-state index contributed by atoms with van der Waals surface area (Å²) >= 11 is 3.34. The number of aliphatic hydroxyl groups excluding tert-OH is 1. The summed E-state index contributed by atoms with van der Waals surface area (Å²) in [5.74, 6) is 0.514. The zero-order chi connectivity index (χ0) is 9.26. The third kappa shape index (κ3) is 1.89. The van der Waals surface area contributed by atoms with Crippen LogP contribution in [0.25, 0.3) is 0 Å². The second-order valence-electron chi connectivity index (χ2n) is 2.73. The SMILES string of the molecule is OC1COC(c2ccc(Br)cc2)=N1. The summed E-state index contributed by atoms with van der Waals surface area (Å²) in [4.78, 5) is 3.92. The molecule has 0 aliphatic carbocycles. The fraction of sp³-hybridized carbons (Fsp3) is 0.222. The van der Waals surface area contributed by atoms with E-state index in [1.807, 2.05) is 24.3 Å². The van der Waals surface area contributed by atoms with Crippen LogP contribution in [0.2, 0.25) is 0 Å². The van der Waals surface area contributed by atoms with Crippen LogP contribution >= 0.6 is 15.9 Å². The Morgan fingerprint density at radius 3 is 2.62 bits per heavy atom. The molecule has 0 bridgehead atoms. The molecule has 0 spiro atoms. The molecule has 1 aromatic carbocycles. The lowest BCUT2D eigenvalue weighted by atomic mass is 10.2. The molecule has 1 aliphatic rings. The molecule has 0 radical (unpaired) electrons. The van der Waals surface area contributed by atoms with Crippen LogP contribution in [0.4, 0.5) is 0 Å². The standard InChI is InChI=1S/C9H8BrNO2/c10-7-3-1-6(2-4-7)9-11-8(12)5-13-9/h1-4,8,12H,5H2. The highest BCUT2D eigenvalue weighted by Gasteiger charge is 2.16. The van der Waals surface area contributed by atoms with Crippen molar-refractivity contribution < 1.29 is 9.84 Å². The van der Waals surface area contributed by atoms with E-state index in [0.717, 1.165) is 10.0 Å². The molecule has 0 amide bonds. The van der Waals surface area contributed by atoms with Gasteiger partial charge in [-0.2, -0.15) is 0 Å². The lowest BCUT2D eigenvalue weighted by Crippen LogP contribution is -2.03. The molecule has 1 heterocycles. The van der Waals surface area contributed by atoms with Crippen LogP contribution in [-0.4, -0.2) is 23.8 Å². The van der Waals surface area contributed by atoms with Crippen LogP contribution in [0.5, 0.6) is 0 Å². The highest BCUT2D eigenvalue weighted by molar-refractivity contribution is 9.10. The van der Waals surface area contributed by atoms with Crippen LogP contribution in [-0.2, 0) is 4.74 Å². The van der Waals surface area contributed by atoms with Gasteiger partial charge in [-0.15, -0.1) is 0 Å². The van der Waals surface area contributed by atoms with Crippen molar-refractivity contribution in [2.45, 2.75) is 6.23 Å². The molecule has 0 fully saturated rings. The van der Waals surface area contributed by atoms with Crippen molar-refractivity contribution in [3.05, 3.63) is 34.3 Å². The fourth-order valence-corrected chi connectivity index (χ4v) is 1.38. The van der Waals surface area contributed by atoms with Crippen LogP contribution in [0, 0.1) is 0 Å². The minimum Gasteiger partial charge on any atom is -0.473 e. The van der Waals surface area contributed by atoms with Gasteiger partial charge in [-0.05, 0) is 24.3 Å². The maximum atomic E-state index is 9.09. The number of rotatable bonds is 1. The van der Waals surface area contributed by atoms with E-state index >= 15 is 0 Å². The maximum Gasteiger partial charge on any atom is 0.218 e. The maximum absolute atomic E-state index is 9.09. The molecule has 4 heteroatoms.